The number of rotatable bonds is 8. The molecule has 0 radical (unpaired) electrons. The van der Waals surface area contributed by atoms with E-state index >= 15 is 0 Å². The van der Waals surface area contributed by atoms with Gasteiger partial charge in [0.2, 0.25) is 0 Å². The van der Waals surface area contributed by atoms with E-state index in [9.17, 15) is 22.8 Å². The van der Waals surface area contributed by atoms with E-state index in [4.69, 9.17) is 10.2 Å². The molecule has 43 heavy (non-hydrogen) atoms. The molecule has 0 bridgehead atoms. The van der Waals surface area contributed by atoms with E-state index in [1.54, 1.807) is 23.8 Å². The largest absolute Gasteiger partial charge is 0.417 e. The number of carbonyl (C=O) groups is 2. The summed E-state index contributed by atoms with van der Waals surface area (Å²) in [6, 6.07) is 5.70. The number of hydrogen-bond acceptors (Lipinski definition) is 10. The number of alkyl halides is 3. The van der Waals surface area contributed by atoms with Crippen LogP contribution >= 0.6 is 38.6 Å². The van der Waals surface area contributed by atoms with Crippen molar-refractivity contribution in [3.05, 3.63) is 77.4 Å². The van der Waals surface area contributed by atoms with Crippen molar-refractivity contribution < 1.29 is 33.0 Å². The highest BCUT2D eigenvalue weighted by molar-refractivity contribution is 9.10. The smallest absolute Gasteiger partial charge is 0.395 e. The van der Waals surface area contributed by atoms with E-state index < -0.39 is 11.7 Å². The first-order valence-corrected chi connectivity index (χ1v) is 15.1. The zero-order chi connectivity index (χ0) is 31.9. The molecule has 0 atom stereocenters. The van der Waals surface area contributed by atoms with E-state index in [-0.39, 0.29) is 37.1 Å². The van der Waals surface area contributed by atoms with Gasteiger partial charge in [0.1, 0.15) is 0 Å². The summed E-state index contributed by atoms with van der Waals surface area (Å²) in [6.07, 6.45) is -2.08. The normalized spacial score (nSPS) is 12.3. The number of thiazole rings is 2. The van der Waals surface area contributed by atoms with Gasteiger partial charge < -0.3 is 19.3 Å². The lowest BCUT2D eigenvalue weighted by atomic mass is 10.3. The van der Waals surface area contributed by atoms with Gasteiger partial charge >= 0.3 is 6.18 Å². The Morgan fingerprint density at radius 3 is 1.60 bits per heavy atom. The number of carbonyl (C=O) groups excluding carboxylic acids is 2. The molecule has 4 heterocycles. The van der Waals surface area contributed by atoms with E-state index in [0.717, 1.165) is 33.6 Å². The molecule has 16 heteroatoms. The van der Waals surface area contributed by atoms with E-state index in [1.807, 2.05) is 17.6 Å². The topological polar surface area (TPSA) is 135 Å². The lowest BCUT2D eigenvalue weighted by molar-refractivity contribution is -0.137. The van der Waals surface area contributed by atoms with Gasteiger partial charge in [-0.1, -0.05) is 22.7 Å². The Hall–Kier alpha value is -3.31. The van der Waals surface area contributed by atoms with Crippen molar-refractivity contribution in [2.24, 2.45) is 9.98 Å². The zero-order valence-corrected chi connectivity index (χ0v) is 26.7. The maximum absolute atomic E-state index is 12.5. The van der Waals surface area contributed by atoms with Gasteiger partial charge in [0.05, 0.1) is 28.5 Å². The molecular formula is C27H28BrF3N6O4S2. The van der Waals surface area contributed by atoms with Gasteiger partial charge in [0.15, 0.2) is 32.8 Å². The molecule has 230 valence electrons. The summed E-state index contributed by atoms with van der Waals surface area (Å²) in [6.45, 7) is 7.02. The molecule has 10 nitrogen and oxygen atoms in total. The third kappa shape index (κ3) is 8.86. The summed E-state index contributed by atoms with van der Waals surface area (Å²) in [5.74, 6) is 0.530. The predicted molar refractivity (Wildman–Crippen MR) is 160 cm³/mol. The van der Waals surface area contributed by atoms with Crippen molar-refractivity contribution in [1.82, 2.24) is 19.1 Å². The highest BCUT2D eigenvalue weighted by Gasteiger charge is 2.30. The number of Topliss-reactive ketones (excluding diaryl/α,β-unsaturated/α-hetero) is 2. The molecule has 0 aliphatic heterocycles. The van der Waals surface area contributed by atoms with Crippen LogP contribution in [0.3, 0.4) is 0 Å². The van der Waals surface area contributed by atoms with Gasteiger partial charge in [0, 0.05) is 55.2 Å². The second kappa shape index (κ2) is 14.9. The van der Waals surface area contributed by atoms with Gasteiger partial charge in [-0.15, -0.1) is 0 Å². The van der Waals surface area contributed by atoms with Crippen molar-refractivity contribution in [1.29, 1.82) is 0 Å². The molecule has 0 aliphatic rings. The lowest BCUT2D eigenvalue weighted by Crippen LogP contribution is -2.18. The van der Waals surface area contributed by atoms with Gasteiger partial charge in [-0.25, -0.2) is 20.0 Å². The zero-order valence-electron chi connectivity index (χ0n) is 23.5. The first kappa shape index (κ1) is 34.2. The summed E-state index contributed by atoms with van der Waals surface area (Å²) in [4.78, 5) is 41.9. The average Bonchev–Trinajstić information content (AvgIpc) is 3.42. The number of pyridine rings is 2. The molecule has 0 saturated carbocycles. The highest BCUT2D eigenvalue weighted by atomic mass is 79.9. The Bertz CT molecular complexity index is 1720. The Balaban J connectivity index is 0.000000238. The maximum atomic E-state index is 12.5. The van der Waals surface area contributed by atoms with Crippen LogP contribution < -0.4 is 9.60 Å². The van der Waals surface area contributed by atoms with Crippen LogP contribution in [0.15, 0.2) is 51.1 Å². The Kier molecular flexibility index (Phi) is 11.9. The van der Waals surface area contributed by atoms with Crippen LogP contribution in [0.1, 0.15) is 50.1 Å². The minimum Gasteiger partial charge on any atom is -0.395 e. The van der Waals surface area contributed by atoms with Gasteiger partial charge in [0.25, 0.3) is 0 Å². The molecule has 2 N–H and O–H groups in total. The van der Waals surface area contributed by atoms with Crippen LogP contribution in [-0.2, 0) is 19.3 Å². The molecule has 0 fully saturated rings. The monoisotopic (exact) mass is 700 g/mol. The van der Waals surface area contributed by atoms with Gasteiger partial charge in [-0.3, -0.25) is 9.59 Å². The van der Waals surface area contributed by atoms with Crippen LogP contribution in [0.2, 0.25) is 0 Å². The number of hydrogen-bond donors (Lipinski definition) is 2. The number of aromatic nitrogens is 4. The Morgan fingerprint density at radius 2 is 1.28 bits per heavy atom. The van der Waals surface area contributed by atoms with Crippen LogP contribution in [0.5, 0.6) is 0 Å². The van der Waals surface area contributed by atoms with Crippen molar-refractivity contribution in [3.8, 4) is 0 Å². The minimum atomic E-state index is -4.45. The molecule has 0 unspecified atom stereocenters. The fraction of sp³-hybridized carbons (Fsp3) is 0.333. The number of aliphatic hydroxyl groups excluding tert-OH is 2. The van der Waals surface area contributed by atoms with Crippen molar-refractivity contribution in [2.75, 3.05) is 13.2 Å². The number of ketones is 2. The standard InChI is InChI=1S/C14H14F3N3O2S.C13H14BrN3O2S/c1-8-12(9(2)22)23-13(20(8)5-6-21)19-11-4-3-10(7-18-11)14(15,16)17;1-8-12(9(2)19)20-13(17(8)5-6-18)16-11-4-3-10(14)7-15-11/h3-4,7,21H,5-6H2,1-2H3;3-4,7,18H,5-6H2,1-2H3. The molecule has 0 aliphatic carbocycles. The molecule has 0 amide bonds. The highest BCUT2D eigenvalue weighted by Crippen LogP contribution is 2.29. The van der Waals surface area contributed by atoms with E-state index in [1.165, 1.54) is 25.2 Å². The number of nitrogens with zero attached hydrogens (tertiary/aromatic N) is 6. The second-order valence-corrected chi connectivity index (χ2v) is 11.8. The summed E-state index contributed by atoms with van der Waals surface area (Å²) in [7, 11) is 0. The van der Waals surface area contributed by atoms with E-state index in [0.29, 0.717) is 43.6 Å². The van der Waals surface area contributed by atoms with E-state index in [2.05, 4.69) is 35.9 Å². The summed E-state index contributed by atoms with van der Waals surface area (Å²) in [5, 5.41) is 18.3. The molecular weight excluding hydrogens is 673 g/mol. The van der Waals surface area contributed by atoms with Crippen LogP contribution in [-0.4, -0.2) is 54.1 Å². The number of aliphatic hydroxyl groups is 2. The fourth-order valence-electron chi connectivity index (χ4n) is 3.77. The van der Waals surface area contributed by atoms with Crippen molar-refractivity contribution in [2.45, 2.75) is 47.0 Å². The maximum Gasteiger partial charge on any atom is 0.417 e. The number of halogens is 4. The molecule has 0 aromatic carbocycles. The van der Waals surface area contributed by atoms with Crippen molar-refractivity contribution >= 4 is 61.8 Å². The minimum absolute atomic E-state index is 0.00408. The second-order valence-electron chi connectivity index (χ2n) is 8.92. The summed E-state index contributed by atoms with van der Waals surface area (Å²) in [5.41, 5.74) is 0.626. The lowest BCUT2D eigenvalue weighted by Gasteiger charge is -2.05. The first-order chi connectivity index (χ1) is 20.3. The SMILES string of the molecule is CC(=O)c1sc(=Nc2ccc(Br)cn2)n(CCO)c1C.CC(=O)c1sc(=Nc2ccc(C(F)(F)F)cn2)n(CCO)c1C. The predicted octanol–water partition coefficient (Wildman–Crippen LogP) is 5.14. The molecule has 0 saturated heterocycles. The average molecular weight is 702 g/mol. The summed E-state index contributed by atoms with van der Waals surface area (Å²) >= 11 is 5.75. The molecule has 4 aromatic rings. The van der Waals surface area contributed by atoms with Crippen LogP contribution in [0.4, 0.5) is 24.8 Å². The van der Waals surface area contributed by atoms with Crippen molar-refractivity contribution in [3.63, 3.8) is 0 Å². The van der Waals surface area contributed by atoms with Crippen LogP contribution in [0, 0.1) is 13.8 Å². The molecule has 0 spiro atoms. The van der Waals surface area contributed by atoms with Gasteiger partial charge in [-0.05, 0) is 54.0 Å². The quantitative estimate of drug-likeness (QED) is 0.245. The summed E-state index contributed by atoms with van der Waals surface area (Å²) < 4.78 is 41.9. The first-order valence-electron chi connectivity index (χ1n) is 12.6. The van der Waals surface area contributed by atoms with Crippen LogP contribution in [0.25, 0.3) is 0 Å². The molecule has 4 aromatic heterocycles. The van der Waals surface area contributed by atoms with Gasteiger partial charge in [-0.2, -0.15) is 13.2 Å². The Labute approximate surface area is 260 Å². The molecule has 4 rings (SSSR count). The Morgan fingerprint density at radius 1 is 0.837 bits per heavy atom. The third-order valence-electron chi connectivity index (χ3n) is 5.81. The third-order valence-corrected chi connectivity index (χ3v) is 8.84. The fourth-order valence-corrected chi connectivity index (χ4v) is 6.13.